The summed E-state index contributed by atoms with van der Waals surface area (Å²) in [4.78, 5) is 13.7. The summed E-state index contributed by atoms with van der Waals surface area (Å²) in [6.45, 7) is 8.99. The van der Waals surface area contributed by atoms with E-state index in [2.05, 4.69) is 48.5 Å². The molecule has 2 aromatic rings. The minimum Gasteiger partial charge on any atom is -0.337 e. The van der Waals surface area contributed by atoms with Crippen molar-refractivity contribution in [3.05, 3.63) is 47.4 Å². The minimum atomic E-state index is -0.276. The number of halogens is 1. The SMILES string of the molecule is CSc1ncc2c(c1C#N)N=C(N(C(C)C)C(C)C)N(c1ccc(F)cc1)C2. The largest absolute Gasteiger partial charge is 0.337 e. The Morgan fingerprint density at radius 3 is 2.36 bits per heavy atom. The van der Waals surface area contributed by atoms with E-state index in [-0.39, 0.29) is 17.9 Å². The van der Waals surface area contributed by atoms with Crippen LogP contribution in [0.5, 0.6) is 0 Å². The molecule has 0 N–H and O–H groups in total. The zero-order chi connectivity index (χ0) is 20.4. The fraction of sp³-hybridized carbons (Fsp3) is 0.381. The van der Waals surface area contributed by atoms with Gasteiger partial charge in [-0.3, -0.25) is 0 Å². The monoisotopic (exact) mass is 397 g/mol. The number of fused-ring (bicyclic) bond motifs is 1. The van der Waals surface area contributed by atoms with E-state index in [1.54, 1.807) is 18.3 Å². The van der Waals surface area contributed by atoms with Crippen LogP contribution in [0.1, 0.15) is 38.8 Å². The second-order valence-electron chi connectivity index (χ2n) is 7.20. The van der Waals surface area contributed by atoms with Crippen molar-refractivity contribution in [2.45, 2.75) is 51.3 Å². The van der Waals surface area contributed by atoms with E-state index in [0.29, 0.717) is 22.8 Å². The third-order valence-corrected chi connectivity index (χ3v) is 5.36. The quantitative estimate of drug-likeness (QED) is 0.684. The first-order chi connectivity index (χ1) is 13.4. The maximum absolute atomic E-state index is 13.5. The normalized spacial score (nSPS) is 13.4. The molecule has 0 fully saturated rings. The van der Waals surface area contributed by atoms with E-state index in [0.717, 1.165) is 17.2 Å². The molecule has 1 aromatic carbocycles. The number of aliphatic imine (C=N–C) groups is 1. The summed E-state index contributed by atoms with van der Waals surface area (Å²) in [5, 5.41) is 10.4. The lowest BCUT2D eigenvalue weighted by Gasteiger charge is -2.41. The number of hydrogen-bond donors (Lipinski definition) is 0. The lowest BCUT2D eigenvalue weighted by atomic mass is 10.1. The molecule has 0 saturated carbocycles. The number of thioether (sulfide) groups is 1. The average molecular weight is 398 g/mol. The van der Waals surface area contributed by atoms with Gasteiger partial charge < -0.3 is 9.80 Å². The Bertz CT molecular complexity index is 923. The Hall–Kier alpha value is -2.59. The molecule has 0 spiro atoms. The highest BCUT2D eigenvalue weighted by atomic mass is 32.2. The number of anilines is 1. The molecule has 0 amide bonds. The first-order valence-electron chi connectivity index (χ1n) is 9.23. The third-order valence-electron chi connectivity index (χ3n) is 4.66. The van der Waals surface area contributed by atoms with Gasteiger partial charge in [-0.15, -0.1) is 11.8 Å². The molecule has 28 heavy (non-hydrogen) atoms. The van der Waals surface area contributed by atoms with Crippen LogP contribution < -0.4 is 4.90 Å². The van der Waals surface area contributed by atoms with Crippen molar-refractivity contribution < 1.29 is 4.39 Å². The van der Waals surface area contributed by atoms with Gasteiger partial charge in [0.05, 0.1) is 12.2 Å². The lowest BCUT2D eigenvalue weighted by Crippen LogP contribution is -2.51. The van der Waals surface area contributed by atoms with E-state index >= 15 is 0 Å². The standard InChI is InChI=1S/C21H24FN5S/c1-13(2)27(14(3)4)21-25-19-15(11-24-20(28-5)18(19)10-23)12-26(21)17-8-6-16(22)7-9-17/h6-9,11,13-14H,12H2,1-5H3. The second-order valence-corrected chi connectivity index (χ2v) is 7.99. The van der Waals surface area contributed by atoms with Gasteiger partial charge in [0.2, 0.25) is 5.96 Å². The van der Waals surface area contributed by atoms with Crippen LogP contribution in [0, 0.1) is 17.1 Å². The van der Waals surface area contributed by atoms with Crippen LogP contribution in [0.2, 0.25) is 0 Å². The molecule has 0 unspecified atom stereocenters. The molecule has 5 nitrogen and oxygen atoms in total. The molecule has 0 aliphatic carbocycles. The van der Waals surface area contributed by atoms with Gasteiger partial charge in [0.15, 0.2) is 0 Å². The topological polar surface area (TPSA) is 55.5 Å². The Morgan fingerprint density at radius 2 is 1.82 bits per heavy atom. The summed E-state index contributed by atoms with van der Waals surface area (Å²) < 4.78 is 13.5. The summed E-state index contributed by atoms with van der Waals surface area (Å²) in [6, 6.07) is 9.10. The van der Waals surface area contributed by atoms with Crippen LogP contribution in [-0.4, -0.2) is 34.2 Å². The van der Waals surface area contributed by atoms with Crippen LogP contribution in [0.3, 0.4) is 0 Å². The Labute approximate surface area is 169 Å². The first kappa shape index (κ1) is 20.2. The molecule has 1 aliphatic rings. The van der Waals surface area contributed by atoms with Gasteiger partial charge in [0, 0.05) is 29.5 Å². The smallest absolute Gasteiger partial charge is 0.207 e. The fourth-order valence-corrected chi connectivity index (χ4v) is 4.01. The highest BCUT2D eigenvalue weighted by Crippen LogP contribution is 2.36. The highest BCUT2D eigenvalue weighted by Gasteiger charge is 2.31. The predicted octanol–water partition coefficient (Wildman–Crippen LogP) is 4.94. The maximum Gasteiger partial charge on any atom is 0.207 e. The molecule has 0 saturated heterocycles. The Kier molecular flexibility index (Phi) is 5.90. The van der Waals surface area contributed by atoms with Crippen LogP contribution in [-0.2, 0) is 6.54 Å². The highest BCUT2D eigenvalue weighted by molar-refractivity contribution is 7.98. The van der Waals surface area contributed by atoms with Gasteiger partial charge in [-0.2, -0.15) is 5.26 Å². The van der Waals surface area contributed by atoms with E-state index in [1.807, 2.05) is 6.26 Å². The molecule has 7 heteroatoms. The third kappa shape index (κ3) is 3.69. The van der Waals surface area contributed by atoms with E-state index in [1.165, 1.54) is 23.9 Å². The van der Waals surface area contributed by atoms with Gasteiger partial charge in [0.25, 0.3) is 0 Å². The molecule has 1 aliphatic heterocycles. The molecule has 1 aromatic heterocycles. The second kappa shape index (κ2) is 8.19. The zero-order valence-corrected chi connectivity index (χ0v) is 17.6. The van der Waals surface area contributed by atoms with Crippen LogP contribution in [0.25, 0.3) is 0 Å². The average Bonchev–Trinajstić information content (AvgIpc) is 2.66. The molecule has 0 bridgehead atoms. The summed E-state index contributed by atoms with van der Waals surface area (Å²) in [6.07, 6.45) is 3.69. The number of aromatic nitrogens is 1. The Balaban J connectivity index is 2.22. The predicted molar refractivity (Wildman–Crippen MR) is 113 cm³/mol. The minimum absolute atomic E-state index is 0.204. The van der Waals surface area contributed by atoms with Crippen LogP contribution in [0.15, 0.2) is 40.5 Å². The van der Waals surface area contributed by atoms with Crippen LogP contribution in [0.4, 0.5) is 15.8 Å². The van der Waals surface area contributed by atoms with Crippen molar-refractivity contribution in [3.63, 3.8) is 0 Å². The number of nitrogens with zero attached hydrogens (tertiary/aromatic N) is 5. The molecule has 0 radical (unpaired) electrons. The number of hydrogen-bond acceptors (Lipinski definition) is 6. The number of guanidine groups is 1. The van der Waals surface area contributed by atoms with Gasteiger partial charge in [-0.25, -0.2) is 14.4 Å². The number of benzene rings is 1. The van der Waals surface area contributed by atoms with Crippen molar-refractivity contribution in [3.8, 4) is 6.07 Å². The first-order valence-corrected chi connectivity index (χ1v) is 10.5. The summed E-state index contributed by atoms with van der Waals surface area (Å²) in [5.41, 5.74) is 2.93. The molecule has 0 atom stereocenters. The molecule has 3 rings (SSSR count). The molecule has 146 valence electrons. The van der Waals surface area contributed by atoms with Crippen molar-refractivity contribution in [2.24, 2.45) is 4.99 Å². The number of nitriles is 1. The van der Waals surface area contributed by atoms with Crippen molar-refractivity contribution in [2.75, 3.05) is 11.2 Å². The van der Waals surface area contributed by atoms with Gasteiger partial charge in [-0.05, 0) is 58.2 Å². The number of pyridine rings is 1. The Morgan fingerprint density at radius 1 is 1.18 bits per heavy atom. The van der Waals surface area contributed by atoms with Crippen molar-refractivity contribution in [1.82, 2.24) is 9.88 Å². The molecular weight excluding hydrogens is 373 g/mol. The number of rotatable bonds is 4. The van der Waals surface area contributed by atoms with E-state index in [9.17, 15) is 9.65 Å². The molecule has 2 heterocycles. The molecular formula is C21H24FN5S. The zero-order valence-electron chi connectivity index (χ0n) is 16.8. The summed E-state index contributed by atoms with van der Waals surface area (Å²) >= 11 is 1.44. The summed E-state index contributed by atoms with van der Waals surface area (Å²) in [5.74, 6) is 0.487. The fourth-order valence-electron chi connectivity index (χ4n) is 3.51. The van der Waals surface area contributed by atoms with Gasteiger partial charge in [-0.1, -0.05) is 0 Å². The summed E-state index contributed by atoms with van der Waals surface area (Å²) in [7, 11) is 0. The van der Waals surface area contributed by atoms with Gasteiger partial charge >= 0.3 is 0 Å². The van der Waals surface area contributed by atoms with Crippen LogP contribution >= 0.6 is 11.8 Å². The maximum atomic E-state index is 13.5. The van der Waals surface area contributed by atoms with Crippen molar-refractivity contribution in [1.29, 1.82) is 5.26 Å². The van der Waals surface area contributed by atoms with Gasteiger partial charge in [0.1, 0.15) is 22.5 Å². The lowest BCUT2D eigenvalue weighted by molar-refractivity contribution is 0.286. The van der Waals surface area contributed by atoms with E-state index < -0.39 is 0 Å². The van der Waals surface area contributed by atoms with E-state index in [4.69, 9.17) is 4.99 Å². The van der Waals surface area contributed by atoms with Crippen molar-refractivity contribution >= 4 is 29.1 Å².